The molecular weight excluding hydrogens is 271 g/mol. The average Bonchev–Trinajstić information content (AvgIpc) is 2.32. The van der Waals surface area contributed by atoms with Crippen LogP contribution in [-0.2, 0) is 19.1 Å². The fourth-order valence-corrected chi connectivity index (χ4v) is 0.887. The summed E-state index contributed by atoms with van der Waals surface area (Å²) in [4.78, 5) is 22.2. The van der Waals surface area contributed by atoms with Crippen LogP contribution in [0.5, 0.6) is 0 Å². The van der Waals surface area contributed by atoms with Gasteiger partial charge in [-0.2, -0.15) is 0 Å². The van der Waals surface area contributed by atoms with Crippen molar-refractivity contribution in [2.24, 2.45) is 11.5 Å². The van der Waals surface area contributed by atoms with Crippen LogP contribution in [0.1, 0.15) is 6.42 Å². The van der Waals surface area contributed by atoms with E-state index in [1.165, 1.54) is 0 Å². The molecule has 0 aromatic carbocycles. The van der Waals surface area contributed by atoms with Gasteiger partial charge in [0.1, 0.15) is 19.6 Å². The van der Waals surface area contributed by atoms with E-state index in [1.807, 2.05) is 0 Å². The van der Waals surface area contributed by atoms with Gasteiger partial charge in [0.15, 0.2) is 0 Å². The Morgan fingerprint density at radius 2 is 1.29 bits per heavy atom. The lowest BCUT2D eigenvalue weighted by Crippen LogP contribution is -2.31. The maximum absolute atomic E-state index is 11.1. The molecule has 0 aliphatic heterocycles. The lowest BCUT2D eigenvalue weighted by molar-refractivity contribution is -0.154. The van der Waals surface area contributed by atoms with Crippen LogP contribution < -0.4 is 11.5 Å². The average molecular weight is 287 g/mol. The molecule has 2 atom stereocenters. The van der Waals surface area contributed by atoms with E-state index in [1.54, 1.807) is 0 Å². The molecule has 0 rings (SSSR count). The maximum atomic E-state index is 11.1. The lowest BCUT2D eigenvalue weighted by Gasteiger charge is -2.10. The second kappa shape index (κ2) is 9.47. The van der Waals surface area contributed by atoms with Gasteiger partial charge in [0, 0.05) is 11.8 Å². The zero-order valence-corrected chi connectivity index (χ0v) is 10.7. The van der Waals surface area contributed by atoms with E-state index in [9.17, 15) is 9.59 Å². The van der Waals surface area contributed by atoms with Crippen LogP contribution in [0.15, 0.2) is 0 Å². The Labute approximate surface area is 109 Å². The summed E-state index contributed by atoms with van der Waals surface area (Å²) in [5.74, 6) is -1.09. The summed E-state index contributed by atoms with van der Waals surface area (Å²) in [6.45, 7) is -0.0619. The first-order valence-corrected chi connectivity index (χ1v) is 6.00. The number of rotatable bonds is 8. The van der Waals surface area contributed by atoms with Crippen LogP contribution in [0.4, 0.5) is 0 Å². The largest absolute Gasteiger partial charge is 0.464 e. The third-order valence-corrected chi connectivity index (χ3v) is 2.39. The number of hydrogen-bond acceptors (Lipinski definition) is 6. The minimum Gasteiger partial charge on any atom is -0.464 e. The highest BCUT2D eigenvalue weighted by atomic mass is 35.5. The van der Waals surface area contributed by atoms with Gasteiger partial charge < -0.3 is 20.9 Å². The molecule has 0 amide bonds. The second-order valence-corrected chi connectivity index (χ2v) is 3.99. The molecule has 0 aliphatic rings. The summed E-state index contributed by atoms with van der Waals surface area (Å²) in [6.07, 6.45) is -0.482. The summed E-state index contributed by atoms with van der Waals surface area (Å²) in [5.41, 5.74) is 10.8. The first kappa shape index (κ1) is 16.4. The molecule has 2 unspecified atom stereocenters. The van der Waals surface area contributed by atoms with E-state index in [0.29, 0.717) is 0 Å². The van der Waals surface area contributed by atoms with Gasteiger partial charge in [-0.25, -0.2) is 0 Å². The molecular formula is C9H16Cl2N2O4. The predicted molar refractivity (Wildman–Crippen MR) is 63.9 cm³/mol. The standard InChI is InChI=1S/C9H16Cl2N2O4/c10-2-6(12)4-16-8(14)1-9(15)17-5-7(13)3-11/h6-7H,1-5,12-13H2. The van der Waals surface area contributed by atoms with E-state index in [2.05, 4.69) is 0 Å². The number of carbonyl (C=O) groups excluding carboxylic acids is 2. The van der Waals surface area contributed by atoms with Crippen LogP contribution >= 0.6 is 23.2 Å². The van der Waals surface area contributed by atoms with E-state index in [-0.39, 0.29) is 25.0 Å². The first-order chi connectivity index (χ1) is 7.99. The highest BCUT2D eigenvalue weighted by molar-refractivity contribution is 6.18. The Morgan fingerprint density at radius 1 is 0.941 bits per heavy atom. The van der Waals surface area contributed by atoms with Crippen molar-refractivity contribution >= 4 is 35.1 Å². The molecule has 0 aromatic heterocycles. The lowest BCUT2D eigenvalue weighted by atomic mass is 10.4. The highest BCUT2D eigenvalue weighted by Crippen LogP contribution is 1.95. The third kappa shape index (κ3) is 9.17. The van der Waals surface area contributed by atoms with E-state index in [4.69, 9.17) is 44.1 Å². The van der Waals surface area contributed by atoms with Crippen molar-refractivity contribution in [3.8, 4) is 0 Å². The number of hydrogen-bond donors (Lipinski definition) is 2. The summed E-state index contributed by atoms with van der Waals surface area (Å²) in [5, 5.41) is 0. The molecule has 0 bridgehead atoms. The molecule has 0 aromatic rings. The zero-order chi connectivity index (χ0) is 13.3. The Kier molecular flexibility index (Phi) is 9.16. The Morgan fingerprint density at radius 3 is 1.59 bits per heavy atom. The molecule has 100 valence electrons. The summed E-state index contributed by atoms with van der Waals surface area (Å²) < 4.78 is 9.38. The van der Waals surface area contributed by atoms with Gasteiger partial charge in [-0.05, 0) is 0 Å². The van der Waals surface area contributed by atoms with Gasteiger partial charge in [-0.3, -0.25) is 9.59 Å². The molecule has 0 spiro atoms. The Bertz CT molecular complexity index is 229. The predicted octanol–water partition coefficient (Wildman–Crippen LogP) is -0.405. The first-order valence-electron chi connectivity index (χ1n) is 4.94. The van der Waals surface area contributed by atoms with Gasteiger partial charge >= 0.3 is 11.9 Å². The van der Waals surface area contributed by atoms with Crippen molar-refractivity contribution in [2.45, 2.75) is 18.5 Å². The molecule has 0 saturated carbocycles. The Hall–Kier alpha value is -0.560. The summed E-state index contributed by atoms with van der Waals surface area (Å²) in [7, 11) is 0. The minimum atomic E-state index is -0.713. The molecule has 17 heavy (non-hydrogen) atoms. The zero-order valence-electron chi connectivity index (χ0n) is 9.23. The summed E-state index contributed by atoms with van der Waals surface area (Å²) >= 11 is 10.8. The number of esters is 2. The number of halogens is 2. The SMILES string of the molecule is NC(CCl)COC(=O)CC(=O)OCC(N)CCl. The number of nitrogens with two attached hydrogens (primary N) is 2. The maximum Gasteiger partial charge on any atom is 0.317 e. The highest BCUT2D eigenvalue weighted by Gasteiger charge is 2.14. The molecule has 0 saturated heterocycles. The smallest absolute Gasteiger partial charge is 0.317 e. The van der Waals surface area contributed by atoms with Crippen LogP contribution in [0, 0.1) is 0 Å². The number of ether oxygens (including phenoxy) is 2. The van der Waals surface area contributed by atoms with Crippen molar-refractivity contribution in [3.05, 3.63) is 0 Å². The second-order valence-electron chi connectivity index (χ2n) is 3.37. The summed E-state index contributed by atoms with van der Waals surface area (Å²) in [6, 6.07) is -0.886. The van der Waals surface area contributed by atoms with E-state index in [0.717, 1.165) is 0 Å². The molecule has 8 heteroatoms. The van der Waals surface area contributed by atoms with Gasteiger partial charge in [-0.1, -0.05) is 0 Å². The monoisotopic (exact) mass is 286 g/mol. The van der Waals surface area contributed by atoms with Crippen LogP contribution in [0.2, 0.25) is 0 Å². The minimum absolute atomic E-state index is 0.0309. The molecule has 0 radical (unpaired) electrons. The van der Waals surface area contributed by atoms with Gasteiger partial charge in [0.2, 0.25) is 0 Å². The van der Waals surface area contributed by atoms with Gasteiger partial charge in [-0.15, -0.1) is 23.2 Å². The molecule has 4 N–H and O–H groups in total. The fraction of sp³-hybridized carbons (Fsp3) is 0.778. The van der Waals surface area contributed by atoms with Crippen LogP contribution in [0.3, 0.4) is 0 Å². The van der Waals surface area contributed by atoms with Crippen molar-refractivity contribution in [3.63, 3.8) is 0 Å². The fourth-order valence-electron chi connectivity index (χ4n) is 0.709. The van der Waals surface area contributed by atoms with Crippen LogP contribution in [0.25, 0.3) is 0 Å². The van der Waals surface area contributed by atoms with Gasteiger partial charge in [0.25, 0.3) is 0 Å². The number of carbonyl (C=O) groups is 2. The number of alkyl halides is 2. The van der Waals surface area contributed by atoms with Crippen molar-refractivity contribution in [2.75, 3.05) is 25.0 Å². The normalized spacial score (nSPS) is 13.9. The van der Waals surface area contributed by atoms with Gasteiger partial charge in [0.05, 0.1) is 12.1 Å². The quantitative estimate of drug-likeness (QED) is 0.357. The molecule has 0 aliphatic carbocycles. The van der Waals surface area contributed by atoms with E-state index < -0.39 is 30.4 Å². The molecule has 0 heterocycles. The Balaban J connectivity index is 3.69. The topological polar surface area (TPSA) is 105 Å². The third-order valence-electron chi connectivity index (χ3n) is 1.60. The molecule has 6 nitrogen and oxygen atoms in total. The molecule has 0 fully saturated rings. The van der Waals surface area contributed by atoms with Crippen molar-refractivity contribution < 1.29 is 19.1 Å². The van der Waals surface area contributed by atoms with Crippen LogP contribution in [-0.4, -0.2) is 49.0 Å². The van der Waals surface area contributed by atoms with E-state index >= 15 is 0 Å². The van der Waals surface area contributed by atoms with Crippen molar-refractivity contribution in [1.29, 1.82) is 0 Å². The van der Waals surface area contributed by atoms with Crippen molar-refractivity contribution in [1.82, 2.24) is 0 Å².